The molecule has 1 aromatic heterocycles. The SMILES string of the molecule is C/C=C\C.C=Cc1cccc(NC(=C)C(C)=N/C=C(\C)c2cnn(C)c2)c1.CCCC(C)CCC. The summed E-state index contributed by atoms with van der Waals surface area (Å²) in [5.41, 5.74) is 5.73. The van der Waals surface area contributed by atoms with E-state index >= 15 is 0 Å². The Morgan fingerprint density at radius 3 is 2.26 bits per heavy atom. The van der Waals surface area contributed by atoms with Gasteiger partial charge in [-0.1, -0.05) is 90.0 Å². The third-order valence-corrected chi connectivity index (χ3v) is 5.36. The Morgan fingerprint density at radius 2 is 1.77 bits per heavy atom. The topological polar surface area (TPSA) is 42.2 Å². The smallest absolute Gasteiger partial charge is 0.0601 e. The fraction of sp³-hybridized carbons (Fsp3) is 0.419. The highest BCUT2D eigenvalue weighted by molar-refractivity contribution is 6.00. The number of nitrogens with one attached hydrogen (secondary N) is 1. The molecule has 0 atom stereocenters. The summed E-state index contributed by atoms with van der Waals surface area (Å²) in [5, 5.41) is 7.43. The van der Waals surface area contributed by atoms with Gasteiger partial charge in [-0.25, -0.2) is 0 Å². The molecule has 0 fully saturated rings. The highest BCUT2D eigenvalue weighted by Gasteiger charge is 2.01. The number of hydrogen-bond acceptors (Lipinski definition) is 3. The summed E-state index contributed by atoms with van der Waals surface area (Å²) in [7, 11) is 1.90. The van der Waals surface area contributed by atoms with Gasteiger partial charge in [-0.3, -0.25) is 9.67 Å². The predicted molar refractivity (Wildman–Crippen MR) is 159 cm³/mol. The number of hydrogen-bond donors (Lipinski definition) is 1. The molecule has 0 spiro atoms. The number of aromatic nitrogens is 2. The molecule has 0 aliphatic carbocycles. The average molecular weight is 477 g/mol. The Hall–Kier alpha value is -3.14. The molecule has 0 aliphatic heterocycles. The lowest BCUT2D eigenvalue weighted by Gasteiger charge is -2.09. The molecule has 4 heteroatoms. The van der Waals surface area contributed by atoms with Crippen LogP contribution in [0.5, 0.6) is 0 Å². The van der Waals surface area contributed by atoms with Crippen LogP contribution in [0.25, 0.3) is 11.6 Å². The van der Waals surface area contributed by atoms with E-state index in [-0.39, 0.29) is 0 Å². The van der Waals surface area contributed by atoms with Gasteiger partial charge in [0.2, 0.25) is 0 Å². The van der Waals surface area contributed by atoms with Gasteiger partial charge >= 0.3 is 0 Å². The Kier molecular flexibility index (Phi) is 17.5. The largest absolute Gasteiger partial charge is 0.355 e. The van der Waals surface area contributed by atoms with Crippen LogP contribution < -0.4 is 5.32 Å². The van der Waals surface area contributed by atoms with Crippen molar-refractivity contribution in [1.82, 2.24) is 9.78 Å². The standard InChI is InChI=1S/C19H22N4.C8H18.C4H8/c1-6-17-8-7-9-19(10-17)22-16(4)15(3)20-11-14(2)18-12-21-23(5)13-18;1-4-6-8(3)7-5-2;1-3-4-2/h6-13,22H,1,4H2,2-3,5H3;8H,4-7H2,1-3H3;3-4H,1-2H3/b14-11+,20-15?;;4-3-. The zero-order valence-electron chi connectivity index (χ0n) is 23.4. The zero-order valence-corrected chi connectivity index (χ0v) is 23.4. The van der Waals surface area contributed by atoms with Crippen LogP contribution >= 0.6 is 0 Å². The minimum atomic E-state index is 0.765. The van der Waals surface area contributed by atoms with Crippen LogP contribution in [0.3, 0.4) is 0 Å². The van der Waals surface area contributed by atoms with Crippen LogP contribution in [0.15, 0.2) is 78.9 Å². The fourth-order valence-corrected chi connectivity index (χ4v) is 3.11. The van der Waals surface area contributed by atoms with Crippen molar-refractivity contribution in [2.45, 2.75) is 74.1 Å². The molecule has 1 aromatic carbocycles. The number of allylic oxidation sites excluding steroid dienone is 4. The zero-order chi connectivity index (χ0) is 26.6. The molecule has 0 radical (unpaired) electrons. The van der Waals surface area contributed by atoms with Crippen molar-refractivity contribution in [3.8, 4) is 0 Å². The van der Waals surface area contributed by atoms with E-state index in [2.05, 4.69) is 49.3 Å². The summed E-state index contributed by atoms with van der Waals surface area (Å²) in [6.07, 6.45) is 17.0. The van der Waals surface area contributed by atoms with E-state index in [0.29, 0.717) is 0 Å². The maximum Gasteiger partial charge on any atom is 0.0601 e. The molecule has 0 saturated carbocycles. The molecule has 2 aromatic rings. The minimum Gasteiger partial charge on any atom is -0.355 e. The molecular formula is C31H48N4. The molecule has 1 heterocycles. The summed E-state index contributed by atoms with van der Waals surface area (Å²) in [6.45, 7) is 22.6. The Labute approximate surface area is 215 Å². The predicted octanol–water partition coefficient (Wildman–Crippen LogP) is 9.32. The van der Waals surface area contributed by atoms with Crippen molar-refractivity contribution in [2.75, 3.05) is 5.32 Å². The second kappa shape index (κ2) is 19.2. The molecule has 0 amide bonds. The van der Waals surface area contributed by atoms with Crippen molar-refractivity contribution in [1.29, 1.82) is 0 Å². The van der Waals surface area contributed by atoms with Crippen molar-refractivity contribution in [3.63, 3.8) is 0 Å². The first-order chi connectivity index (χ1) is 16.7. The quantitative estimate of drug-likeness (QED) is 0.274. The molecule has 192 valence electrons. The van der Waals surface area contributed by atoms with Crippen LogP contribution in [0.2, 0.25) is 0 Å². The average Bonchev–Trinajstić information content (AvgIpc) is 3.29. The van der Waals surface area contributed by atoms with Crippen LogP contribution in [0.4, 0.5) is 5.69 Å². The van der Waals surface area contributed by atoms with Crippen molar-refractivity contribution >= 4 is 23.0 Å². The monoisotopic (exact) mass is 476 g/mol. The third kappa shape index (κ3) is 14.7. The van der Waals surface area contributed by atoms with E-state index in [1.54, 1.807) is 4.68 Å². The van der Waals surface area contributed by atoms with Crippen LogP contribution in [0.1, 0.15) is 85.3 Å². The lowest BCUT2D eigenvalue weighted by Crippen LogP contribution is -2.06. The van der Waals surface area contributed by atoms with E-state index < -0.39 is 0 Å². The van der Waals surface area contributed by atoms with Crippen LogP contribution in [-0.4, -0.2) is 15.5 Å². The van der Waals surface area contributed by atoms with Gasteiger partial charge in [0.15, 0.2) is 0 Å². The summed E-state index contributed by atoms with van der Waals surface area (Å²) in [4.78, 5) is 4.48. The van der Waals surface area contributed by atoms with Gasteiger partial charge in [0, 0.05) is 30.7 Å². The summed E-state index contributed by atoms with van der Waals surface area (Å²) >= 11 is 0. The Balaban J connectivity index is 0.000000801. The van der Waals surface area contributed by atoms with Crippen LogP contribution in [0, 0.1) is 5.92 Å². The van der Waals surface area contributed by atoms with Gasteiger partial charge < -0.3 is 5.32 Å². The second-order valence-corrected chi connectivity index (χ2v) is 8.71. The van der Waals surface area contributed by atoms with Gasteiger partial charge in [-0.2, -0.15) is 5.10 Å². The molecule has 0 unspecified atom stereocenters. The van der Waals surface area contributed by atoms with Crippen molar-refractivity contribution in [3.05, 3.63) is 85.0 Å². The molecule has 0 saturated heterocycles. The van der Waals surface area contributed by atoms with Gasteiger partial charge in [-0.15, -0.1) is 0 Å². The first-order valence-electron chi connectivity index (χ1n) is 12.7. The number of aryl methyl sites for hydroxylation is 1. The first kappa shape index (κ1) is 31.9. The molecule has 35 heavy (non-hydrogen) atoms. The fourth-order valence-electron chi connectivity index (χ4n) is 3.11. The van der Waals surface area contributed by atoms with E-state index in [4.69, 9.17) is 0 Å². The third-order valence-electron chi connectivity index (χ3n) is 5.36. The van der Waals surface area contributed by atoms with Crippen molar-refractivity contribution < 1.29 is 0 Å². The lowest BCUT2D eigenvalue weighted by atomic mass is 10.0. The van der Waals surface area contributed by atoms with Gasteiger partial charge in [0.1, 0.15) is 0 Å². The van der Waals surface area contributed by atoms with Gasteiger partial charge in [-0.05, 0) is 56.9 Å². The van der Waals surface area contributed by atoms with E-state index in [0.717, 1.165) is 39.7 Å². The maximum absolute atomic E-state index is 4.48. The van der Waals surface area contributed by atoms with Crippen molar-refractivity contribution in [2.24, 2.45) is 18.0 Å². The molecule has 2 rings (SSSR count). The highest BCUT2D eigenvalue weighted by atomic mass is 15.2. The Morgan fingerprint density at radius 1 is 1.14 bits per heavy atom. The summed E-state index contributed by atoms with van der Waals surface area (Å²) < 4.78 is 1.77. The normalized spacial score (nSPS) is 11.5. The van der Waals surface area contributed by atoms with E-state index in [1.807, 2.05) is 95.8 Å². The summed E-state index contributed by atoms with van der Waals surface area (Å²) in [5.74, 6) is 0.963. The highest BCUT2D eigenvalue weighted by Crippen LogP contribution is 2.15. The minimum absolute atomic E-state index is 0.765. The number of benzene rings is 1. The number of anilines is 1. The molecule has 0 bridgehead atoms. The molecule has 4 nitrogen and oxygen atoms in total. The van der Waals surface area contributed by atoms with E-state index in [9.17, 15) is 0 Å². The first-order valence-corrected chi connectivity index (χ1v) is 12.7. The maximum atomic E-state index is 4.48. The Bertz CT molecular complexity index is 950. The van der Waals surface area contributed by atoms with E-state index in [1.165, 1.54) is 25.7 Å². The summed E-state index contributed by atoms with van der Waals surface area (Å²) in [6, 6.07) is 7.98. The van der Waals surface area contributed by atoms with Gasteiger partial charge in [0.25, 0.3) is 0 Å². The number of nitrogens with zero attached hydrogens (tertiary/aromatic N) is 3. The molecule has 0 aliphatic rings. The second-order valence-electron chi connectivity index (χ2n) is 8.71. The van der Waals surface area contributed by atoms with Crippen LogP contribution in [-0.2, 0) is 7.05 Å². The lowest BCUT2D eigenvalue weighted by molar-refractivity contribution is 0.480. The van der Waals surface area contributed by atoms with Gasteiger partial charge in [0.05, 0.1) is 17.6 Å². The number of aliphatic imine (C=N–C) groups is 1. The molecular weight excluding hydrogens is 428 g/mol. The molecule has 1 N–H and O–H groups in total. The number of rotatable bonds is 10.